The molecule has 1 heterocycles. The third-order valence-corrected chi connectivity index (χ3v) is 4.85. The summed E-state index contributed by atoms with van der Waals surface area (Å²) in [5.41, 5.74) is 6.54. The van der Waals surface area contributed by atoms with Crippen molar-refractivity contribution >= 4 is 27.3 Å². The third kappa shape index (κ3) is 2.45. The second-order valence-corrected chi connectivity index (χ2v) is 5.92. The number of benzene rings is 1. The first-order chi connectivity index (χ1) is 8.15. The van der Waals surface area contributed by atoms with E-state index < -0.39 is 0 Å². The number of halogens is 1. The molecule has 3 N–H and O–H groups in total. The maximum atomic E-state index is 5.72. The molecule has 0 spiro atoms. The maximum Gasteiger partial charge on any atom is 0.0731 e. The Morgan fingerprint density at radius 1 is 1.24 bits per heavy atom. The standard InChI is InChI=1S/C13H15BrN2S/c1-8-4-3-5-11(12(8)14)13(16-15)10-6-7-17-9(10)2/h3-7,13,16H,15H2,1-2H3. The van der Waals surface area contributed by atoms with Gasteiger partial charge in [-0.15, -0.1) is 11.3 Å². The summed E-state index contributed by atoms with van der Waals surface area (Å²) >= 11 is 5.38. The minimum Gasteiger partial charge on any atom is -0.271 e. The van der Waals surface area contributed by atoms with Gasteiger partial charge in [-0.3, -0.25) is 5.84 Å². The summed E-state index contributed by atoms with van der Waals surface area (Å²) in [5, 5.41) is 2.10. The quantitative estimate of drug-likeness (QED) is 0.670. The van der Waals surface area contributed by atoms with E-state index in [0.717, 1.165) is 4.47 Å². The Labute approximate surface area is 114 Å². The highest BCUT2D eigenvalue weighted by atomic mass is 79.9. The van der Waals surface area contributed by atoms with E-state index in [2.05, 4.69) is 64.8 Å². The molecule has 4 heteroatoms. The van der Waals surface area contributed by atoms with Gasteiger partial charge in [0.1, 0.15) is 0 Å². The molecule has 0 aliphatic carbocycles. The highest BCUT2D eigenvalue weighted by molar-refractivity contribution is 9.10. The van der Waals surface area contributed by atoms with Crippen LogP contribution in [0.15, 0.2) is 34.1 Å². The molecule has 0 bridgehead atoms. The molecule has 0 aliphatic heterocycles. The number of rotatable bonds is 3. The highest BCUT2D eigenvalue weighted by Crippen LogP contribution is 2.33. The molecule has 0 aliphatic rings. The fraction of sp³-hybridized carbons (Fsp3) is 0.231. The van der Waals surface area contributed by atoms with E-state index in [9.17, 15) is 0 Å². The minimum atomic E-state index is 0.0375. The molecule has 1 aromatic heterocycles. The zero-order valence-electron chi connectivity index (χ0n) is 9.83. The van der Waals surface area contributed by atoms with E-state index in [1.165, 1.54) is 21.6 Å². The van der Waals surface area contributed by atoms with Crippen LogP contribution >= 0.6 is 27.3 Å². The number of hydrogen-bond acceptors (Lipinski definition) is 3. The molecule has 2 nitrogen and oxygen atoms in total. The molecule has 0 saturated heterocycles. The summed E-state index contributed by atoms with van der Waals surface area (Å²) in [5.74, 6) is 5.72. The van der Waals surface area contributed by atoms with E-state index in [1.807, 2.05) is 0 Å². The number of hydrogen-bond donors (Lipinski definition) is 2. The fourth-order valence-electron chi connectivity index (χ4n) is 1.93. The van der Waals surface area contributed by atoms with Gasteiger partial charge in [0.15, 0.2) is 0 Å². The summed E-state index contributed by atoms with van der Waals surface area (Å²) in [4.78, 5) is 1.29. The van der Waals surface area contributed by atoms with Crippen LogP contribution in [0.3, 0.4) is 0 Å². The topological polar surface area (TPSA) is 38.0 Å². The van der Waals surface area contributed by atoms with Crippen molar-refractivity contribution in [1.82, 2.24) is 5.43 Å². The molecule has 0 fully saturated rings. The zero-order chi connectivity index (χ0) is 12.4. The number of hydrazine groups is 1. The molecule has 0 amide bonds. The monoisotopic (exact) mass is 310 g/mol. The lowest BCUT2D eigenvalue weighted by molar-refractivity contribution is 0.633. The van der Waals surface area contributed by atoms with Crippen LogP contribution in [0.25, 0.3) is 0 Å². The Hall–Kier alpha value is -0.680. The van der Waals surface area contributed by atoms with Crippen LogP contribution < -0.4 is 11.3 Å². The fourth-order valence-corrected chi connectivity index (χ4v) is 3.17. The van der Waals surface area contributed by atoms with Gasteiger partial charge in [-0.25, -0.2) is 5.43 Å². The van der Waals surface area contributed by atoms with Crippen molar-refractivity contribution in [3.63, 3.8) is 0 Å². The Kier molecular flexibility index (Phi) is 3.99. The summed E-state index contributed by atoms with van der Waals surface area (Å²) < 4.78 is 1.12. The molecule has 1 aromatic carbocycles. The van der Waals surface area contributed by atoms with E-state index in [-0.39, 0.29) is 6.04 Å². The van der Waals surface area contributed by atoms with Crippen LogP contribution in [-0.2, 0) is 0 Å². The van der Waals surface area contributed by atoms with Gasteiger partial charge in [0.25, 0.3) is 0 Å². The van der Waals surface area contributed by atoms with Crippen molar-refractivity contribution in [2.24, 2.45) is 5.84 Å². The second kappa shape index (κ2) is 5.31. The Bertz CT molecular complexity index is 522. The maximum absolute atomic E-state index is 5.72. The number of aryl methyl sites for hydroxylation is 2. The lowest BCUT2D eigenvalue weighted by Gasteiger charge is -2.19. The first-order valence-electron chi connectivity index (χ1n) is 5.40. The average Bonchev–Trinajstić information content (AvgIpc) is 2.72. The summed E-state index contributed by atoms with van der Waals surface area (Å²) in [7, 11) is 0. The molecular weight excluding hydrogens is 296 g/mol. The van der Waals surface area contributed by atoms with Crippen molar-refractivity contribution in [2.75, 3.05) is 0 Å². The summed E-state index contributed by atoms with van der Waals surface area (Å²) in [6, 6.07) is 8.40. The van der Waals surface area contributed by atoms with Crippen LogP contribution in [0.1, 0.15) is 27.6 Å². The average molecular weight is 311 g/mol. The minimum absolute atomic E-state index is 0.0375. The van der Waals surface area contributed by atoms with Crippen molar-refractivity contribution in [3.8, 4) is 0 Å². The predicted molar refractivity (Wildman–Crippen MR) is 77.1 cm³/mol. The molecule has 2 rings (SSSR count). The number of thiophene rings is 1. The second-order valence-electron chi connectivity index (χ2n) is 4.01. The molecule has 0 saturated carbocycles. The number of nitrogens with two attached hydrogens (primary N) is 1. The molecule has 17 heavy (non-hydrogen) atoms. The van der Waals surface area contributed by atoms with E-state index >= 15 is 0 Å². The molecular formula is C13H15BrN2S. The van der Waals surface area contributed by atoms with Gasteiger partial charge in [-0.05, 0) is 42.0 Å². The molecule has 0 radical (unpaired) electrons. The number of nitrogens with one attached hydrogen (secondary N) is 1. The predicted octanol–water partition coefficient (Wildman–Crippen LogP) is 3.68. The normalized spacial score (nSPS) is 12.7. The summed E-state index contributed by atoms with van der Waals surface area (Å²) in [6.45, 7) is 4.20. The van der Waals surface area contributed by atoms with Crippen molar-refractivity contribution in [1.29, 1.82) is 0 Å². The van der Waals surface area contributed by atoms with Gasteiger partial charge < -0.3 is 0 Å². The van der Waals surface area contributed by atoms with Crippen molar-refractivity contribution < 1.29 is 0 Å². The first-order valence-corrected chi connectivity index (χ1v) is 7.07. The van der Waals surface area contributed by atoms with Crippen LogP contribution in [-0.4, -0.2) is 0 Å². The van der Waals surface area contributed by atoms with Gasteiger partial charge in [0.05, 0.1) is 6.04 Å². The Morgan fingerprint density at radius 3 is 2.59 bits per heavy atom. The van der Waals surface area contributed by atoms with Gasteiger partial charge in [0.2, 0.25) is 0 Å². The first kappa shape index (κ1) is 12.8. The largest absolute Gasteiger partial charge is 0.271 e. The smallest absolute Gasteiger partial charge is 0.0731 e. The van der Waals surface area contributed by atoms with E-state index in [4.69, 9.17) is 5.84 Å². The molecule has 2 aromatic rings. The summed E-state index contributed by atoms with van der Waals surface area (Å²) in [6.07, 6.45) is 0. The van der Waals surface area contributed by atoms with E-state index in [1.54, 1.807) is 11.3 Å². The van der Waals surface area contributed by atoms with Crippen LogP contribution in [0.5, 0.6) is 0 Å². The van der Waals surface area contributed by atoms with E-state index in [0.29, 0.717) is 0 Å². The SMILES string of the molecule is Cc1cccc(C(NN)c2ccsc2C)c1Br. The molecule has 1 unspecified atom stereocenters. The Balaban J connectivity index is 2.50. The van der Waals surface area contributed by atoms with Gasteiger partial charge >= 0.3 is 0 Å². The van der Waals surface area contributed by atoms with Gasteiger partial charge in [-0.1, -0.05) is 34.1 Å². The van der Waals surface area contributed by atoms with Crippen LogP contribution in [0.4, 0.5) is 0 Å². The zero-order valence-corrected chi connectivity index (χ0v) is 12.2. The Morgan fingerprint density at radius 2 is 2.00 bits per heavy atom. The van der Waals surface area contributed by atoms with Crippen LogP contribution in [0, 0.1) is 13.8 Å². The van der Waals surface area contributed by atoms with Crippen LogP contribution in [0.2, 0.25) is 0 Å². The van der Waals surface area contributed by atoms with Gasteiger partial charge in [-0.2, -0.15) is 0 Å². The molecule has 90 valence electrons. The van der Waals surface area contributed by atoms with Gasteiger partial charge in [0, 0.05) is 9.35 Å². The lowest BCUT2D eigenvalue weighted by atomic mass is 9.98. The third-order valence-electron chi connectivity index (χ3n) is 2.91. The lowest BCUT2D eigenvalue weighted by Crippen LogP contribution is -2.29. The van der Waals surface area contributed by atoms with Crippen molar-refractivity contribution in [3.05, 3.63) is 55.7 Å². The van der Waals surface area contributed by atoms with Crippen molar-refractivity contribution in [2.45, 2.75) is 19.9 Å². The highest BCUT2D eigenvalue weighted by Gasteiger charge is 2.18. The molecule has 1 atom stereocenters.